The molecule has 0 aliphatic carbocycles. The number of anilines is 1. The first-order valence-corrected chi connectivity index (χ1v) is 9.21. The molecule has 1 amide bonds. The second-order valence-electron chi connectivity index (χ2n) is 6.53. The SMILES string of the molecule is Nc1nonc1-n1nnc(C(=O)N/N=C/c2c[nH]c3ccccc23)c1-c1ccccc1. The molecule has 11 nitrogen and oxygen atoms in total. The smallest absolute Gasteiger partial charge is 0.294 e. The first kappa shape index (κ1) is 18.2. The molecule has 0 saturated heterocycles. The summed E-state index contributed by atoms with van der Waals surface area (Å²) in [5, 5.41) is 20.4. The van der Waals surface area contributed by atoms with E-state index in [1.165, 1.54) is 4.68 Å². The van der Waals surface area contributed by atoms with Crippen molar-refractivity contribution in [2.75, 3.05) is 5.73 Å². The fourth-order valence-electron chi connectivity index (χ4n) is 3.19. The van der Waals surface area contributed by atoms with Gasteiger partial charge in [-0.1, -0.05) is 53.7 Å². The van der Waals surface area contributed by atoms with Crippen molar-refractivity contribution in [3.8, 4) is 17.1 Å². The minimum atomic E-state index is -0.545. The Morgan fingerprint density at radius 1 is 1.13 bits per heavy atom. The number of carbonyl (C=O) groups is 1. The van der Waals surface area contributed by atoms with Gasteiger partial charge in [0.25, 0.3) is 5.91 Å². The number of aromatic nitrogens is 6. The Balaban J connectivity index is 1.48. The summed E-state index contributed by atoms with van der Waals surface area (Å²) in [7, 11) is 0. The molecule has 0 fully saturated rings. The van der Waals surface area contributed by atoms with E-state index >= 15 is 0 Å². The summed E-state index contributed by atoms with van der Waals surface area (Å²) in [6, 6.07) is 16.9. The van der Waals surface area contributed by atoms with Crippen molar-refractivity contribution in [3.05, 3.63) is 72.1 Å². The molecule has 2 aromatic carbocycles. The van der Waals surface area contributed by atoms with Crippen molar-refractivity contribution >= 4 is 28.8 Å². The van der Waals surface area contributed by atoms with Gasteiger partial charge in [0.15, 0.2) is 5.69 Å². The number of H-pyrrole nitrogens is 1. The molecule has 0 aliphatic rings. The largest absolute Gasteiger partial charge is 0.378 e. The number of benzene rings is 2. The number of nitrogens with two attached hydrogens (primary N) is 1. The fourth-order valence-corrected chi connectivity index (χ4v) is 3.19. The maximum absolute atomic E-state index is 12.9. The third-order valence-corrected chi connectivity index (χ3v) is 4.62. The molecule has 3 aromatic heterocycles. The Hall–Kier alpha value is -4.80. The molecule has 4 N–H and O–H groups in total. The summed E-state index contributed by atoms with van der Waals surface area (Å²) in [6.07, 6.45) is 3.37. The normalized spacial score (nSPS) is 11.4. The number of nitrogens with zero attached hydrogens (tertiary/aromatic N) is 6. The average molecular weight is 413 g/mol. The monoisotopic (exact) mass is 413 g/mol. The molecule has 0 bridgehead atoms. The maximum Gasteiger partial charge on any atom is 0.294 e. The summed E-state index contributed by atoms with van der Waals surface area (Å²) in [4.78, 5) is 16.0. The molecule has 0 aliphatic heterocycles. The molecule has 31 heavy (non-hydrogen) atoms. The van der Waals surface area contributed by atoms with Crippen molar-refractivity contribution in [1.82, 2.24) is 35.7 Å². The number of carbonyl (C=O) groups excluding carboxylic acids is 1. The molecule has 0 atom stereocenters. The molecule has 0 saturated carbocycles. The Labute approximate surface area is 174 Å². The lowest BCUT2D eigenvalue weighted by atomic mass is 10.1. The highest BCUT2D eigenvalue weighted by Crippen LogP contribution is 2.26. The first-order chi connectivity index (χ1) is 15.2. The number of aromatic amines is 1. The Morgan fingerprint density at radius 2 is 1.94 bits per heavy atom. The second kappa shape index (κ2) is 7.55. The summed E-state index contributed by atoms with van der Waals surface area (Å²) in [6.45, 7) is 0. The van der Waals surface area contributed by atoms with Gasteiger partial charge in [0.1, 0.15) is 5.69 Å². The molecule has 0 spiro atoms. The van der Waals surface area contributed by atoms with Crippen LogP contribution >= 0.6 is 0 Å². The van der Waals surface area contributed by atoms with Gasteiger partial charge < -0.3 is 10.7 Å². The number of hydrogen-bond acceptors (Lipinski definition) is 8. The molecule has 0 radical (unpaired) electrons. The van der Waals surface area contributed by atoms with E-state index in [0.29, 0.717) is 11.3 Å². The van der Waals surface area contributed by atoms with Gasteiger partial charge in [-0.25, -0.2) is 10.1 Å². The van der Waals surface area contributed by atoms with E-state index in [-0.39, 0.29) is 17.3 Å². The predicted molar refractivity (Wildman–Crippen MR) is 112 cm³/mol. The highest BCUT2D eigenvalue weighted by Gasteiger charge is 2.24. The van der Waals surface area contributed by atoms with Crippen LogP contribution in [-0.4, -0.2) is 42.4 Å². The number of amides is 1. The van der Waals surface area contributed by atoms with E-state index in [2.05, 4.69) is 40.8 Å². The fraction of sp³-hybridized carbons (Fsp3) is 0. The molecular formula is C20H15N9O2. The van der Waals surface area contributed by atoms with Gasteiger partial charge in [0.2, 0.25) is 11.6 Å². The number of nitrogens with one attached hydrogen (secondary N) is 2. The quantitative estimate of drug-likeness (QED) is 0.295. The third kappa shape index (κ3) is 3.29. The van der Waals surface area contributed by atoms with Gasteiger partial charge >= 0.3 is 0 Å². The minimum Gasteiger partial charge on any atom is -0.378 e. The van der Waals surface area contributed by atoms with E-state index in [0.717, 1.165) is 16.5 Å². The minimum absolute atomic E-state index is 0.0198. The van der Waals surface area contributed by atoms with Crippen LogP contribution in [0.3, 0.4) is 0 Å². The number of hydrogen-bond donors (Lipinski definition) is 3. The Bertz CT molecular complexity index is 1400. The number of fused-ring (bicyclic) bond motifs is 1. The Kier molecular flexibility index (Phi) is 4.45. The molecule has 3 heterocycles. The highest BCUT2D eigenvalue weighted by atomic mass is 16.6. The number of nitrogen functional groups attached to an aromatic ring is 1. The summed E-state index contributed by atoms with van der Waals surface area (Å²) >= 11 is 0. The van der Waals surface area contributed by atoms with Gasteiger partial charge in [0.05, 0.1) is 6.21 Å². The molecule has 152 valence electrons. The lowest BCUT2D eigenvalue weighted by Gasteiger charge is -2.05. The Morgan fingerprint density at radius 3 is 2.74 bits per heavy atom. The van der Waals surface area contributed by atoms with Crippen molar-refractivity contribution in [3.63, 3.8) is 0 Å². The van der Waals surface area contributed by atoms with Crippen molar-refractivity contribution in [2.45, 2.75) is 0 Å². The standard InChI is InChI=1S/C20H15N9O2/c21-18-19(27-31-26-18)29-17(12-6-2-1-3-7-12)16(24-28-29)20(30)25-23-11-13-10-22-15-9-5-4-8-14(13)15/h1-11,22H,(H2,21,26)(H,25,30)/b23-11+. The zero-order valence-electron chi connectivity index (χ0n) is 15.9. The summed E-state index contributed by atoms with van der Waals surface area (Å²) in [5.74, 6) is -0.393. The first-order valence-electron chi connectivity index (χ1n) is 9.21. The van der Waals surface area contributed by atoms with Crippen LogP contribution in [0.25, 0.3) is 28.0 Å². The number of rotatable bonds is 5. The van der Waals surface area contributed by atoms with E-state index in [9.17, 15) is 4.79 Å². The molecule has 5 rings (SSSR count). The lowest BCUT2D eigenvalue weighted by Crippen LogP contribution is -2.19. The van der Waals surface area contributed by atoms with Gasteiger partial charge in [-0.05, 0) is 16.4 Å². The van der Waals surface area contributed by atoms with Crippen molar-refractivity contribution in [2.24, 2.45) is 5.10 Å². The van der Waals surface area contributed by atoms with Crippen LogP contribution in [0.1, 0.15) is 16.1 Å². The van der Waals surface area contributed by atoms with Gasteiger partial charge in [-0.2, -0.15) is 9.78 Å². The van der Waals surface area contributed by atoms with Gasteiger partial charge in [-0.3, -0.25) is 4.79 Å². The van der Waals surface area contributed by atoms with Crippen molar-refractivity contribution in [1.29, 1.82) is 0 Å². The molecular weight excluding hydrogens is 398 g/mol. The van der Waals surface area contributed by atoms with Crippen LogP contribution < -0.4 is 11.2 Å². The van der Waals surface area contributed by atoms with Gasteiger partial charge in [0, 0.05) is 28.2 Å². The van der Waals surface area contributed by atoms with Crippen LogP contribution in [-0.2, 0) is 0 Å². The van der Waals surface area contributed by atoms with E-state index < -0.39 is 5.91 Å². The molecule has 11 heteroatoms. The summed E-state index contributed by atoms with van der Waals surface area (Å²) < 4.78 is 5.97. The average Bonchev–Trinajstić information content (AvgIpc) is 3.52. The van der Waals surface area contributed by atoms with E-state index in [4.69, 9.17) is 5.73 Å². The summed E-state index contributed by atoms with van der Waals surface area (Å²) in [5.41, 5.74) is 11.2. The van der Waals surface area contributed by atoms with Crippen molar-refractivity contribution < 1.29 is 9.42 Å². The van der Waals surface area contributed by atoms with Crippen LogP contribution in [0.5, 0.6) is 0 Å². The molecule has 0 unspecified atom stereocenters. The van der Waals surface area contributed by atoms with Crippen LogP contribution in [0.2, 0.25) is 0 Å². The van der Waals surface area contributed by atoms with Crippen LogP contribution in [0.4, 0.5) is 5.82 Å². The number of para-hydroxylation sites is 1. The predicted octanol–water partition coefficient (Wildman–Crippen LogP) is 2.14. The second-order valence-corrected chi connectivity index (χ2v) is 6.53. The van der Waals surface area contributed by atoms with E-state index in [1.54, 1.807) is 6.21 Å². The lowest BCUT2D eigenvalue weighted by molar-refractivity contribution is 0.0950. The zero-order chi connectivity index (χ0) is 21.2. The zero-order valence-corrected chi connectivity index (χ0v) is 15.9. The van der Waals surface area contributed by atoms with Crippen LogP contribution in [0, 0.1) is 0 Å². The third-order valence-electron chi connectivity index (χ3n) is 4.62. The topological polar surface area (TPSA) is 153 Å². The van der Waals surface area contributed by atoms with E-state index in [1.807, 2.05) is 60.8 Å². The molecule has 5 aromatic rings. The number of hydrazone groups is 1. The van der Waals surface area contributed by atoms with Gasteiger partial charge in [-0.15, -0.1) is 5.10 Å². The highest BCUT2D eigenvalue weighted by molar-refractivity contribution is 6.01. The maximum atomic E-state index is 12.9. The van der Waals surface area contributed by atoms with Crippen LogP contribution in [0.15, 0.2) is 70.5 Å².